The van der Waals surface area contributed by atoms with Crippen LogP contribution in [0, 0.1) is 12.8 Å². The molecule has 0 amide bonds. The summed E-state index contributed by atoms with van der Waals surface area (Å²) < 4.78 is 0. The highest BCUT2D eigenvalue weighted by atomic mass is 14.9. The number of rotatable bonds is 6. The van der Waals surface area contributed by atoms with Crippen LogP contribution in [0.2, 0.25) is 0 Å². The molecule has 0 aliphatic heterocycles. The van der Waals surface area contributed by atoms with Crippen molar-refractivity contribution in [1.29, 1.82) is 0 Å². The predicted molar refractivity (Wildman–Crippen MR) is 62.5 cm³/mol. The van der Waals surface area contributed by atoms with E-state index >= 15 is 0 Å². The van der Waals surface area contributed by atoms with Crippen molar-refractivity contribution in [3.63, 3.8) is 0 Å². The summed E-state index contributed by atoms with van der Waals surface area (Å²) in [5.41, 5.74) is 1.08. The molecule has 1 heterocycles. The largest absolute Gasteiger partial charge is 0.311 e. The SMILES string of the molecule is CCC(CC)CNCc1ccnc(C)n1. The van der Waals surface area contributed by atoms with E-state index in [0.29, 0.717) is 0 Å². The lowest BCUT2D eigenvalue weighted by Gasteiger charge is -2.12. The van der Waals surface area contributed by atoms with Crippen molar-refractivity contribution < 1.29 is 0 Å². The summed E-state index contributed by atoms with van der Waals surface area (Å²) in [4.78, 5) is 8.42. The quantitative estimate of drug-likeness (QED) is 0.778. The summed E-state index contributed by atoms with van der Waals surface area (Å²) in [6.07, 6.45) is 4.30. The van der Waals surface area contributed by atoms with E-state index in [4.69, 9.17) is 0 Å². The molecule has 1 N–H and O–H groups in total. The Kier molecular flexibility index (Phi) is 5.26. The molecule has 3 heteroatoms. The summed E-state index contributed by atoms with van der Waals surface area (Å²) in [7, 11) is 0. The average Bonchev–Trinajstić information content (AvgIpc) is 2.25. The third-order valence-corrected chi connectivity index (χ3v) is 2.73. The van der Waals surface area contributed by atoms with Crippen molar-refractivity contribution in [2.24, 2.45) is 5.92 Å². The zero-order valence-corrected chi connectivity index (χ0v) is 9.95. The maximum Gasteiger partial charge on any atom is 0.125 e. The zero-order chi connectivity index (χ0) is 11.1. The summed E-state index contributed by atoms with van der Waals surface area (Å²) in [5, 5.41) is 3.44. The maximum absolute atomic E-state index is 4.35. The molecule has 1 rings (SSSR count). The zero-order valence-electron chi connectivity index (χ0n) is 9.95. The molecular formula is C12H21N3. The molecule has 0 aliphatic rings. The standard InChI is InChI=1S/C12H21N3/c1-4-11(5-2)8-13-9-12-6-7-14-10(3)15-12/h6-7,11,13H,4-5,8-9H2,1-3H3. The van der Waals surface area contributed by atoms with Gasteiger partial charge in [0.2, 0.25) is 0 Å². The van der Waals surface area contributed by atoms with Crippen LogP contribution < -0.4 is 5.32 Å². The number of aromatic nitrogens is 2. The highest BCUT2D eigenvalue weighted by Crippen LogP contribution is 2.05. The van der Waals surface area contributed by atoms with Crippen LogP contribution in [-0.4, -0.2) is 16.5 Å². The van der Waals surface area contributed by atoms with E-state index in [2.05, 4.69) is 29.1 Å². The fourth-order valence-corrected chi connectivity index (χ4v) is 1.59. The van der Waals surface area contributed by atoms with Crippen molar-refractivity contribution in [2.45, 2.75) is 40.2 Å². The summed E-state index contributed by atoms with van der Waals surface area (Å²) in [6, 6.07) is 1.97. The number of aryl methyl sites for hydroxylation is 1. The minimum absolute atomic E-state index is 0.785. The van der Waals surface area contributed by atoms with Crippen LogP contribution in [0.25, 0.3) is 0 Å². The molecular weight excluding hydrogens is 186 g/mol. The molecule has 0 bridgehead atoms. The van der Waals surface area contributed by atoms with Crippen LogP contribution in [-0.2, 0) is 6.54 Å². The molecule has 84 valence electrons. The van der Waals surface area contributed by atoms with E-state index in [-0.39, 0.29) is 0 Å². The average molecular weight is 207 g/mol. The van der Waals surface area contributed by atoms with E-state index in [1.54, 1.807) is 0 Å². The van der Waals surface area contributed by atoms with Crippen molar-refractivity contribution in [3.8, 4) is 0 Å². The van der Waals surface area contributed by atoms with E-state index in [1.807, 2.05) is 19.2 Å². The minimum Gasteiger partial charge on any atom is -0.311 e. The predicted octanol–water partition coefficient (Wildman–Crippen LogP) is 2.31. The van der Waals surface area contributed by atoms with Gasteiger partial charge >= 0.3 is 0 Å². The molecule has 0 aliphatic carbocycles. The smallest absolute Gasteiger partial charge is 0.125 e. The molecule has 0 unspecified atom stereocenters. The first kappa shape index (κ1) is 12.1. The maximum atomic E-state index is 4.35. The Hall–Kier alpha value is -0.960. The molecule has 0 saturated carbocycles. The Morgan fingerprint density at radius 2 is 2.07 bits per heavy atom. The van der Waals surface area contributed by atoms with Gasteiger partial charge < -0.3 is 5.32 Å². The second-order valence-electron chi connectivity index (χ2n) is 3.91. The van der Waals surface area contributed by atoms with E-state index < -0.39 is 0 Å². The molecule has 0 aromatic carbocycles. The molecule has 3 nitrogen and oxygen atoms in total. The molecule has 0 fully saturated rings. The number of nitrogens with one attached hydrogen (secondary N) is 1. The minimum atomic E-state index is 0.785. The van der Waals surface area contributed by atoms with Crippen LogP contribution >= 0.6 is 0 Å². The first-order chi connectivity index (χ1) is 7.26. The first-order valence-corrected chi connectivity index (χ1v) is 5.75. The van der Waals surface area contributed by atoms with Gasteiger partial charge in [-0.15, -0.1) is 0 Å². The number of hydrogen-bond acceptors (Lipinski definition) is 3. The van der Waals surface area contributed by atoms with Gasteiger partial charge in [-0.25, -0.2) is 9.97 Å². The monoisotopic (exact) mass is 207 g/mol. The van der Waals surface area contributed by atoms with Crippen molar-refractivity contribution in [3.05, 3.63) is 23.8 Å². The molecule has 0 radical (unpaired) electrons. The first-order valence-electron chi connectivity index (χ1n) is 5.75. The topological polar surface area (TPSA) is 37.8 Å². The highest BCUT2D eigenvalue weighted by molar-refractivity contribution is 5.00. The Balaban J connectivity index is 2.31. The fraction of sp³-hybridized carbons (Fsp3) is 0.667. The Morgan fingerprint density at radius 1 is 1.33 bits per heavy atom. The molecule has 1 aromatic heterocycles. The lowest BCUT2D eigenvalue weighted by atomic mass is 10.0. The van der Waals surface area contributed by atoms with E-state index in [9.17, 15) is 0 Å². The summed E-state index contributed by atoms with van der Waals surface area (Å²) in [5.74, 6) is 1.63. The van der Waals surface area contributed by atoms with Crippen LogP contribution in [0.1, 0.15) is 38.2 Å². The Labute approximate surface area is 92.3 Å². The van der Waals surface area contributed by atoms with Crippen molar-refractivity contribution in [2.75, 3.05) is 6.54 Å². The second-order valence-corrected chi connectivity index (χ2v) is 3.91. The third kappa shape index (κ3) is 4.38. The lowest BCUT2D eigenvalue weighted by molar-refractivity contribution is 0.447. The summed E-state index contributed by atoms with van der Waals surface area (Å²) >= 11 is 0. The van der Waals surface area contributed by atoms with Crippen molar-refractivity contribution >= 4 is 0 Å². The van der Waals surface area contributed by atoms with Crippen LogP contribution in [0.3, 0.4) is 0 Å². The van der Waals surface area contributed by atoms with Gasteiger partial charge in [-0.05, 0) is 25.5 Å². The highest BCUT2D eigenvalue weighted by Gasteiger charge is 2.02. The van der Waals surface area contributed by atoms with Gasteiger partial charge in [-0.2, -0.15) is 0 Å². The van der Waals surface area contributed by atoms with Crippen LogP contribution in [0.4, 0.5) is 0 Å². The van der Waals surface area contributed by atoms with Gasteiger partial charge in [-0.3, -0.25) is 0 Å². The Morgan fingerprint density at radius 3 is 2.67 bits per heavy atom. The number of hydrogen-bond donors (Lipinski definition) is 1. The van der Waals surface area contributed by atoms with Gasteiger partial charge in [-0.1, -0.05) is 26.7 Å². The van der Waals surface area contributed by atoms with E-state index in [1.165, 1.54) is 12.8 Å². The molecule has 1 aromatic rings. The van der Waals surface area contributed by atoms with Gasteiger partial charge in [0.1, 0.15) is 5.82 Å². The summed E-state index contributed by atoms with van der Waals surface area (Å²) in [6.45, 7) is 8.33. The normalized spacial score (nSPS) is 10.9. The molecule has 0 spiro atoms. The molecule has 0 atom stereocenters. The molecule has 15 heavy (non-hydrogen) atoms. The Bertz CT molecular complexity index is 282. The van der Waals surface area contributed by atoms with Crippen LogP contribution in [0.15, 0.2) is 12.3 Å². The second kappa shape index (κ2) is 6.51. The van der Waals surface area contributed by atoms with Crippen LogP contribution in [0.5, 0.6) is 0 Å². The van der Waals surface area contributed by atoms with Crippen molar-refractivity contribution in [1.82, 2.24) is 15.3 Å². The van der Waals surface area contributed by atoms with Gasteiger partial charge in [0.15, 0.2) is 0 Å². The molecule has 0 saturated heterocycles. The van der Waals surface area contributed by atoms with Gasteiger partial charge in [0, 0.05) is 12.7 Å². The lowest BCUT2D eigenvalue weighted by Crippen LogP contribution is -2.22. The fourth-order valence-electron chi connectivity index (χ4n) is 1.59. The van der Waals surface area contributed by atoms with Gasteiger partial charge in [0.05, 0.1) is 5.69 Å². The van der Waals surface area contributed by atoms with Gasteiger partial charge in [0.25, 0.3) is 0 Å². The number of nitrogens with zero attached hydrogens (tertiary/aromatic N) is 2. The third-order valence-electron chi connectivity index (χ3n) is 2.73. The van der Waals surface area contributed by atoms with E-state index in [0.717, 1.165) is 30.5 Å².